The molecule has 2 N–H and O–H groups in total. The summed E-state index contributed by atoms with van der Waals surface area (Å²) < 4.78 is 0. The summed E-state index contributed by atoms with van der Waals surface area (Å²) in [4.78, 5) is 33.7. The lowest BCUT2D eigenvalue weighted by molar-refractivity contribution is -0.133. The molecule has 5 nitrogen and oxygen atoms in total. The smallest absolute Gasteiger partial charge is 0.277 e. The fourth-order valence-corrected chi connectivity index (χ4v) is 1.94. The van der Waals surface area contributed by atoms with Crippen molar-refractivity contribution in [2.75, 3.05) is 0 Å². The number of amides is 4. The molecule has 0 bridgehead atoms. The van der Waals surface area contributed by atoms with Crippen molar-refractivity contribution in [2.45, 2.75) is 25.7 Å². The lowest BCUT2D eigenvalue weighted by Gasteiger charge is -2.18. The molecule has 1 heterocycles. The van der Waals surface area contributed by atoms with Crippen LogP contribution in [0.25, 0.3) is 0 Å². The van der Waals surface area contributed by atoms with Gasteiger partial charge in [-0.3, -0.25) is 20.2 Å². The second-order valence-electron chi connectivity index (χ2n) is 4.17. The van der Waals surface area contributed by atoms with Crippen molar-refractivity contribution in [3.63, 3.8) is 0 Å². The molecule has 2 aliphatic rings. The number of carbonyl (C=O) groups excluding carboxylic acids is 3. The van der Waals surface area contributed by atoms with Crippen molar-refractivity contribution in [3.05, 3.63) is 23.8 Å². The van der Waals surface area contributed by atoms with Crippen LogP contribution in [0, 0.1) is 5.92 Å². The van der Waals surface area contributed by atoms with E-state index in [9.17, 15) is 14.4 Å². The molecule has 0 aromatic rings. The molecular formula is C12H14N2O3. The summed E-state index contributed by atoms with van der Waals surface area (Å²) in [5, 5.41) is 4.13. The van der Waals surface area contributed by atoms with Crippen molar-refractivity contribution >= 4 is 17.8 Å². The lowest BCUT2D eigenvalue weighted by atomic mass is 9.97. The van der Waals surface area contributed by atoms with E-state index in [1.54, 1.807) is 12.2 Å². The predicted octanol–water partition coefficient (Wildman–Crippen LogP) is 1.03. The van der Waals surface area contributed by atoms with Gasteiger partial charge < -0.3 is 0 Å². The quantitative estimate of drug-likeness (QED) is 0.700. The molecule has 90 valence electrons. The molecule has 0 aromatic carbocycles. The second kappa shape index (κ2) is 4.95. The van der Waals surface area contributed by atoms with Crippen LogP contribution in [0.5, 0.6) is 0 Å². The first-order valence-electron chi connectivity index (χ1n) is 5.70. The molecule has 0 spiro atoms. The van der Waals surface area contributed by atoms with Crippen molar-refractivity contribution < 1.29 is 14.4 Å². The SMILES string of the molecule is O=C1NC(=O)C(/C=C/C2=CCCCC2)C(=O)N1. The first-order valence-corrected chi connectivity index (χ1v) is 5.70. The first kappa shape index (κ1) is 11.6. The van der Waals surface area contributed by atoms with Crippen LogP contribution in [0.2, 0.25) is 0 Å². The van der Waals surface area contributed by atoms with E-state index in [0.717, 1.165) is 24.8 Å². The summed E-state index contributed by atoms with van der Waals surface area (Å²) in [6.45, 7) is 0. The normalized spacial score (nSPS) is 22.4. The Morgan fingerprint density at radius 3 is 2.41 bits per heavy atom. The molecule has 1 aliphatic heterocycles. The molecule has 5 heteroatoms. The monoisotopic (exact) mass is 234 g/mol. The van der Waals surface area contributed by atoms with E-state index < -0.39 is 23.8 Å². The Morgan fingerprint density at radius 2 is 1.82 bits per heavy atom. The number of hydrogen-bond donors (Lipinski definition) is 2. The first-order chi connectivity index (χ1) is 8.16. The minimum absolute atomic E-state index is 0.564. The summed E-state index contributed by atoms with van der Waals surface area (Å²) in [6, 6.07) is -0.749. The number of carbonyl (C=O) groups is 3. The van der Waals surface area contributed by atoms with Crippen LogP contribution in [-0.4, -0.2) is 17.8 Å². The Hall–Kier alpha value is -1.91. The van der Waals surface area contributed by atoms with E-state index >= 15 is 0 Å². The highest BCUT2D eigenvalue weighted by atomic mass is 16.2. The Kier molecular flexibility index (Phi) is 3.37. The Morgan fingerprint density at radius 1 is 1.12 bits per heavy atom. The summed E-state index contributed by atoms with van der Waals surface area (Å²) >= 11 is 0. The van der Waals surface area contributed by atoms with Crippen LogP contribution in [-0.2, 0) is 9.59 Å². The number of urea groups is 1. The minimum Gasteiger partial charge on any atom is -0.277 e. The highest BCUT2D eigenvalue weighted by Crippen LogP contribution is 2.19. The molecule has 0 unspecified atom stereocenters. The molecule has 0 radical (unpaired) electrons. The van der Waals surface area contributed by atoms with Gasteiger partial charge in [-0.25, -0.2) is 4.79 Å². The molecule has 1 saturated heterocycles. The number of rotatable bonds is 2. The van der Waals surface area contributed by atoms with Gasteiger partial charge in [0.15, 0.2) is 0 Å². The van der Waals surface area contributed by atoms with Crippen LogP contribution in [0.4, 0.5) is 4.79 Å². The molecule has 17 heavy (non-hydrogen) atoms. The minimum atomic E-state index is -0.907. The maximum Gasteiger partial charge on any atom is 0.328 e. The molecule has 0 aromatic heterocycles. The fourth-order valence-electron chi connectivity index (χ4n) is 1.94. The van der Waals surface area contributed by atoms with Gasteiger partial charge in [0.25, 0.3) is 0 Å². The zero-order valence-corrected chi connectivity index (χ0v) is 9.36. The zero-order valence-electron chi connectivity index (χ0n) is 9.36. The zero-order chi connectivity index (χ0) is 12.3. The van der Waals surface area contributed by atoms with Gasteiger partial charge in [0.05, 0.1) is 0 Å². The van der Waals surface area contributed by atoms with Gasteiger partial charge in [-0.2, -0.15) is 0 Å². The van der Waals surface area contributed by atoms with Crippen molar-refractivity contribution in [2.24, 2.45) is 5.92 Å². The van der Waals surface area contributed by atoms with Gasteiger partial charge in [-0.05, 0) is 25.7 Å². The standard InChI is InChI=1S/C12H14N2O3/c15-10-9(11(16)14-12(17)13-10)7-6-8-4-2-1-3-5-8/h4,6-7,9H,1-3,5H2,(H2,13,14,15,16,17)/b7-6+. The maximum atomic E-state index is 11.4. The Balaban J connectivity index is 2.04. The van der Waals surface area contributed by atoms with Gasteiger partial charge in [0.1, 0.15) is 5.92 Å². The Bertz CT molecular complexity index is 403. The maximum absolute atomic E-state index is 11.4. The van der Waals surface area contributed by atoms with Crippen LogP contribution in [0.15, 0.2) is 23.8 Å². The van der Waals surface area contributed by atoms with Crippen LogP contribution >= 0.6 is 0 Å². The molecule has 0 atom stereocenters. The molecule has 1 aliphatic carbocycles. The predicted molar refractivity (Wildman–Crippen MR) is 60.9 cm³/mol. The molecular weight excluding hydrogens is 220 g/mol. The molecule has 1 fully saturated rings. The summed E-state index contributed by atoms with van der Waals surface area (Å²) in [6.07, 6.45) is 9.82. The van der Waals surface area contributed by atoms with E-state index in [1.165, 1.54) is 6.42 Å². The summed E-state index contributed by atoms with van der Waals surface area (Å²) in [5.74, 6) is -2.03. The topological polar surface area (TPSA) is 75.3 Å². The van der Waals surface area contributed by atoms with Crippen molar-refractivity contribution in [1.29, 1.82) is 0 Å². The van der Waals surface area contributed by atoms with Crippen LogP contribution in [0.3, 0.4) is 0 Å². The van der Waals surface area contributed by atoms with Gasteiger partial charge >= 0.3 is 6.03 Å². The van der Waals surface area contributed by atoms with E-state index in [4.69, 9.17) is 0 Å². The van der Waals surface area contributed by atoms with Gasteiger partial charge in [0.2, 0.25) is 11.8 Å². The second-order valence-corrected chi connectivity index (χ2v) is 4.17. The average molecular weight is 234 g/mol. The summed E-state index contributed by atoms with van der Waals surface area (Å²) in [7, 11) is 0. The van der Waals surface area contributed by atoms with E-state index in [1.807, 2.05) is 0 Å². The highest BCUT2D eigenvalue weighted by molar-refractivity contribution is 6.17. The third-order valence-corrected chi connectivity index (χ3v) is 2.87. The number of hydrogen-bond acceptors (Lipinski definition) is 3. The van der Waals surface area contributed by atoms with E-state index in [0.29, 0.717) is 0 Å². The van der Waals surface area contributed by atoms with Crippen molar-refractivity contribution in [3.8, 4) is 0 Å². The number of barbiturate groups is 1. The summed E-state index contributed by atoms with van der Waals surface area (Å²) in [5.41, 5.74) is 1.15. The van der Waals surface area contributed by atoms with Crippen LogP contribution < -0.4 is 10.6 Å². The molecule has 2 rings (SSSR count). The number of imide groups is 2. The van der Waals surface area contributed by atoms with Crippen molar-refractivity contribution in [1.82, 2.24) is 10.6 Å². The fraction of sp³-hybridized carbons (Fsp3) is 0.417. The van der Waals surface area contributed by atoms with Crippen LogP contribution in [0.1, 0.15) is 25.7 Å². The number of nitrogens with one attached hydrogen (secondary N) is 2. The molecule has 4 amide bonds. The van der Waals surface area contributed by atoms with Gasteiger partial charge in [-0.1, -0.05) is 23.8 Å². The van der Waals surface area contributed by atoms with Gasteiger partial charge in [-0.15, -0.1) is 0 Å². The third-order valence-electron chi connectivity index (χ3n) is 2.87. The lowest BCUT2D eigenvalue weighted by Crippen LogP contribution is -2.55. The molecule has 0 saturated carbocycles. The van der Waals surface area contributed by atoms with Gasteiger partial charge in [0, 0.05) is 0 Å². The third kappa shape index (κ3) is 2.81. The van der Waals surface area contributed by atoms with E-state index in [-0.39, 0.29) is 0 Å². The Labute approximate surface area is 98.9 Å². The van der Waals surface area contributed by atoms with E-state index in [2.05, 4.69) is 16.7 Å². The number of allylic oxidation sites excluding steroid dienone is 3. The highest BCUT2D eigenvalue weighted by Gasteiger charge is 2.31. The largest absolute Gasteiger partial charge is 0.328 e. The average Bonchev–Trinajstić information content (AvgIpc) is 2.29.